The van der Waals surface area contributed by atoms with E-state index in [1.807, 2.05) is 0 Å². The molecule has 0 saturated carbocycles. The van der Waals surface area contributed by atoms with Crippen molar-refractivity contribution in [3.63, 3.8) is 0 Å². The zero-order valence-corrected chi connectivity index (χ0v) is 11.7. The molecule has 1 aromatic rings. The highest BCUT2D eigenvalue weighted by atomic mass is 79.9. The molecular formula is C11H10Br2F2O. The van der Waals surface area contributed by atoms with E-state index >= 15 is 0 Å². The van der Waals surface area contributed by atoms with Gasteiger partial charge in [-0.1, -0.05) is 50.1 Å². The minimum absolute atomic E-state index is 0.0872. The van der Waals surface area contributed by atoms with Crippen molar-refractivity contribution in [3.05, 3.63) is 34.9 Å². The average Bonchev–Trinajstić information content (AvgIpc) is 2.26. The first-order valence-corrected chi connectivity index (χ1v) is 6.67. The molecule has 1 aromatic carbocycles. The molecule has 5 heteroatoms. The molecule has 16 heavy (non-hydrogen) atoms. The number of ketones is 1. The summed E-state index contributed by atoms with van der Waals surface area (Å²) in [4.78, 5) is 11.4. The summed E-state index contributed by atoms with van der Waals surface area (Å²) in [6.45, 7) is 1.68. The summed E-state index contributed by atoms with van der Waals surface area (Å²) in [6.07, 6.45) is -2.56. The van der Waals surface area contributed by atoms with E-state index in [0.717, 1.165) is 0 Å². The van der Waals surface area contributed by atoms with Gasteiger partial charge in [0.05, 0.1) is 4.83 Å². The topological polar surface area (TPSA) is 17.1 Å². The van der Waals surface area contributed by atoms with Crippen LogP contribution in [0.3, 0.4) is 0 Å². The molecule has 0 radical (unpaired) electrons. The molecule has 88 valence electrons. The number of alkyl halides is 4. The van der Waals surface area contributed by atoms with Gasteiger partial charge in [-0.05, 0) is 12.5 Å². The van der Waals surface area contributed by atoms with E-state index in [9.17, 15) is 13.6 Å². The summed E-state index contributed by atoms with van der Waals surface area (Å²) < 4.78 is 25.4. The van der Waals surface area contributed by atoms with E-state index in [2.05, 4.69) is 31.9 Å². The maximum atomic E-state index is 12.7. The second-order valence-electron chi connectivity index (χ2n) is 3.29. The average molecular weight is 356 g/mol. The zero-order chi connectivity index (χ0) is 12.3. The minimum atomic E-state index is -2.56. The van der Waals surface area contributed by atoms with E-state index < -0.39 is 6.43 Å². The van der Waals surface area contributed by atoms with Crippen molar-refractivity contribution in [2.45, 2.75) is 23.5 Å². The minimum Gasteiger partial charge on any atom is -0.293 e. The maximum absolute atomic E-state index is 12.7. The van der Waals surface area contributed by atoms with Crippen LogP contribution in [0.2, 0.25) is 0 Å². The number of rotatable bonds is 4. The maximum Gasteiger partial charge on any atom is 0.264 e. The predicted molar refractivity (Wildman–Crippen MR) is 66.7 cm³/mol. The Balaban J connectivity index is 3.29. The SMILES string of the molecule is CC(Br)C(=O)c1cccc(C(F)F)c1CBr. The van der Waals surface area contributed by atoms with Crippen LogP contribution in [0.4, 0.5) is 8.78 Å². The summed E-state index contributed by atoms with van der Waals surface area (Å²) in [6, 6.07) is 4.40. The van der Waals surface area contributed by atoms with Gasteiger partial charge in [0.25, 0.3) is 6.43 Å². The fraction of sp³-hybridized carbons (Fsp3) is 0.364. The summed E-state index contributed by atoms with van der Waals surface area (Å²) in [5.41, 5.74) is 0.628. The number of carbonyl (C=O) groups excluding carboxylic acids is 1. The Bertz CT molecular complexity index is 392. The van der Waals surface area contributed by atoms with Crippen molar-refractivity contribution in [1.82, 2.24) is 0 Å². The lowest BCUT2D eigenvalue weighted by Gasteiger charge is -2.12. The predicted octanol–water partition coefficient (Wildman–Crippen LogP) is 4.49. The molecule has 0 fully saturated rings. The van der Waals surface area contributed by atoms with Crippen LogP contribution in [0.1, 0.15) is 34.8 Å². The summed E-state index contributed by atoms with van der Waals surface area (Å²) in [5.74, 6) is -0.183. The van der Waals surface area contributed by atoms with Crippen LogP contribution in [-0.2, 0) is 5.33 Å². The van der Waals surface area contributed by atoms with Crippen LogP contribution >= 0.6 is 31.9 Å². The van der Waals surface area contributed by atoms with Gasteiger partial charge in [0.1, 0.15) is 0 Å². The summed E-state index contributed by atoms with van der Waals surface area (Å²) in [5, 5.41) is 0.244. The lowest BCUT2D eigenvalue weighted by molar-refractivity contribution is 0.0994. The molecule has 1 nitrogen and oxygen atoms in total. The van der Waals surface area contributed by atoms with Gasteiger partial charge in [-0.3, -0.25) is 4.79 Å². The Labute approximate surface area is 109 Å². The molecule has 0 bridgehead atoms. The smallest absolute Gasteiger partial charge is 0.264 e. The third-order valence-corrected chi connectivity index (χ3v) is 3.18. The third kappa shape index (κ3) is 2.88. The number of halogens is 4. The van der Waals surface area contributed by atoms with Crippen LogP contribution in [0.25, 0.3) is 0 Å². The summed E-state index contributed by atoms with van der Waals surface area (Å²) >= 11 is 6.29. The molecule has 1 rings (SSSR count). The molecule has 1 unspecified atom stereocenters. The Hall–Kier alpha value is -0.290. The van der Waals surface area contributed by atoms with E-state index in [1.54, 1.807) is 13.0 Å². The highest BCUT2D eigenvalue weighted by Crippen LogP contribution is 2.28. The fourth-order valence-corrected chi connectivity index (χ4v) is 2.28. The Morgan fingerprint density at radius 1 is 1.44 bits per heavy atom. The van der Waals surface area contributed by atoms with E-state index in [0.29, 0.717) is 11.1 Å². The normalized spacial score (nSPS) is 12.9. The van der Waals surface area contributed by atoms with Gasteiger partial charge in [-0.25, -0.2) is 8.78 Å². The van der Waals surface area contributed by atoms with Gasteiger partial charge < -0.3 is 0 Å². The molecule has 0 N–H and O–H groups in total. The molecule has 0 aliphatic carbocycles. The molecule has 0 spiro atoms. The van der Waals surface area contributed by atoms with Gasteiger partial charge in [0.15, 0.2) is 5.78 Å². The Kier molecular flexibility index (Phi) is 5.05. The summed E-state index contributed by atoms with van der Waals surface area (Å²) in [7, 11) is 0. The molecule has 0 amide bonds. The van der Waals surface area contributed by atoms with Crippen molar-refractivity contribution in [2.75, 3.05) is 0 Å². The van der Waals surface area contributed by atoms with Crippen molar-refractivity contribution >= 4 is 37.6 Å². The number of benzene rings is 1. The first kappa shape index (κ1) is 13.8. The van der Waals surface area contributed by atoms with Gasteiger partial charge in [0.2, 0.25) is 0 Å². The molecule has 0 saturated heterocycles. The molecule has 0 aliphatic heterocycles. The molecule has 1 atom stereocenters. The van der Waals surface area contributed by atoms with Gasteiger partial charge in [-0.15, -0.1) is 0 Å². The second-order valence-corrected chi connectivity index (χ2v) is 5.22. The van der Waals surface area contributed by atoms with E-state index in [4.69, 9.17) is 0 Å². The second kappa shape index (κ2) is 5.87. The van der Waals surface area contributed by atoms with E-state index in [1.165, 1.54) is 12.1 Å². The highest BCUT2D eigenvalue weighted by molar-refractivity contribution is 9.10. The zero-order valence-electron chi connectivity index (χ0n) is 8.51. The van der Waals surface area contributed by atoms with Crippen LogP contribution in [0.5, 0.6) is 0 Å². The number of carbonyl (C=O) groups is 1. The first-order valence-electron chi connectivity index (χ1n) is 4.63. The van der Waals surface area contributed by atoms with Crippen molar-refractivity contribution in [3.8, 4) is 0 Å². The Morgan fingerprint density at radius 2 is 2.06 bits per heavy atom. The molecule has 0 aromatic heterocycles. The number of hydrogen-bond acceptors (Lipinski definition) is 1. The lowest BCUT2D eigenvalue weighted by Crippen LogP contribution is -2.13. The molecule has 0 heterocycles. The third-order valence-electron chi connectivity index (χ3n) is 2.21. The van der Waals surface area contributed by atoms with Crippen molar-refractivity contribution in [2.24, 2.45) is 0 Å². The van der Waals surface area contributed by atoms with Crippen molar-refractivity contribution in [1.29, 1.82) is 0 Å². The van der Waals surface area contributed by atoms with Gasteiger partial charge in [-0.2, -0.15) is 0 Å². The lowest BCUT2D eigenvalue weighted by atomic mass is 9.98. The Morgan fingerprint density at radius 3 is 2.50 bits per heavy atom. The fourth-order valence-electron chi connectivity index (χ4n) is 1.40. The highest BCUT2D eigenvalue weighted by Gasteiger charge is 2.20. The van der Waals surface area contributed by atoms with Crippen LogP contribution in [0, 0.1) is 0 Å². The van der Waals surface area contributed by atoms with Gasteiger partial charge in [0, 0.05) is 16.5 Å². The number of Topliss-reactive ketones (excluding diaryl/α,β-unsaturated/α-hetero) is 1. The largest absolute Gasteiger partial charge is 0.293 e. The quantitative estimate of drug-likeness (QED) is 0.574. The first-order chi connectivity index (χ1) is 7.49. The molecular weight excluding hydrogens is 346 g/mol. The number of hydrogen-bond donors (Lipinski definition) is 0. The van der Waals surface area contributed by atoms with Crippen molar-refractivity contribution < 1.29 is 13.6 Å². The molecule has 0 aliphatic rings. The van der Waals surface area contributed by atoms with Crippen LogP contribution < -0.4 is 0 Å². The van der Waals surface area contributed by atoms with Crippen LogP contribution in [-0.4, -0.2) is 10.6 Å². The standard InChI is InChI=1S/C11H10Br2F2O/c1-6(13)10(16)7-3-2-4-8(11(14)15)9(7)5-12/h2-4,6,11H,5H2,1H3. The van der Waals surface area contributed by atoms with Crippen LogP contribution in [0.15, 0.2) is 18.2 Å². The van der Waals surface area contributed by atoms with E-state index in [-0.39, 0.29) is 21.5 Å². The van der Waals surface area contributed by atoms with Gasteiger partial charge >= 0.3 is 0 Å². The monoisotopic (exact) mass is 354 g/mol.